The number of halogens is 3. The Morgan fingerprint density at radius 2 is 1.50 bits per heavy atom. The highest BCUT2D eigenvalue weighted by molar-refractivity contribution is 6.34. The minimum Gasteiger partial charge on any atom is -0.329 e. The molecule has 0 aliphatic heterocycles. The molecule has 0 aliphatic carbocycles. The molecule has 4 aromatic rings. The van der Waals surface area contributed by atoms with Gasteiger partial charge in [0.1, 0.15) is 16.8 Å². The average molecular weight is 345 g/mol. The van der Waals surface area contributed by atoms with Crippen molar-refractivity contribution in [3.63, 3.8) is 0 Å². The average Bonchev–Trinajstić information content (AvgIpc) is 2.55. The number of benzene rings is 2. The summed E-state index contributed by atoms with van der Waals surface area (Å²) in [5.74, 6) is -0.585. The van der Waals surface area contributed by atoms with Gasteiger partial charge >= 0.3 is 0 Å². The van der Waals surface area contributed by atoms with Crippen molar-refractivity contribution in [1.82, 2.24) is 9.97 Å². The van der Waals surface area contributed by atoms with E-state index in [2.05, 4.69) is 9.97 Å². The van der Waals surface area contributed by atoms with Crippen LogP contribution in [0.4, 0.5) is 8.78 Å². The van der Waals surface area contributed by atoms with Gasteiger partial charge in [0.25, 0.3) is 5.56 Å². The summed E-state index contributed by atoms with van der Waals surface area (Å²) in [7, 11) is 0. The van der Waals surface area contributed by atoms with E-state index < -0.39 is 0 Å². The molecule has 0 radical (unpaired) electrons. The van der Waals surface area contributed by atoms with E-state index in [9.17, 15) is 13.6 Å². The van der Waals surface area contributed by atoms with Crippen LogP contribution in [0.1, 0.15) is 0 Å². The molecule has 0 saturated carbocycles. The molecule has 6 heteroatoms. The van der Waals surface area contributed by atoms with E-state index in [1.54, 1.807) is 24.4 Å². The first-order valence-corrected chi connectivity index (χ1v) is 7.39. The first-order valence-electron chi connectivity index (χ1n) is 7.01. The SMILES string of the molecule is Fc1ccc2c(Cl)nccc2c1.O=c1[nH]ccc2cc(F)ccc12. The van der Waals surface area contributed by atoms with E-state index in [4.69, 9.17) is 11.6 Å². The van der Waals surface area contributed by atoms with Gasteiger partial charge in [-0.25, -0.2) is 13.8 Å². The molecule has 0 fully saturated rings. The standard InChI is InChI=1S/C9H5ClFN.C9H6FNO/c10-9-8-2-1-7(11)5-6(8)3-4-12-9;10-7-1-2-8-6(5-7)3-4-11-9(8)12/h1-5H;1-5H,(H,11,12). The van der Waals surface area contributed by atoms with Gasteiger partial charge < -0.3 is 4.98 Å². The highest BCUT2D eigenvalue weighted by Crippen LogP contribution is 2.21. The number of hydrogen-bond donors (Lipinski definition) is 1. The van der Waals surface area contributed by atoms with Crippen LogP contribution in [0.15, 0.2) is 65.7 Å². The maximum atomic E-state index is 12.7. The van der Waals surface area contributed by atoms with Crippen LogP contribution in [0.25, 0.3) is 21.5 Å². The molecule has 0 aliphatic rings. The number of fused-ring (bicyclic) bond motifs is 2. The number of nitrogens with zero attached hydrogens (tertiary/aromatic N) is 1. The fourth-order valence-electron chi connectivity index (χ4n) is 2.28. The van der Waals surface area contributed by atoms with Crippen LogP contribution in [0.5, 0.6) is 0 Å². The smallest absolute Gasteiger partial charge is 0.255 e. The summed E-state index contributed by atoms with van der Waals surface area (Å²) >= 11 is 5.78. The van der Waals surface area contributed by atoms with Crippen molar-refractivity contribution in [2.24, 2.45) is 0 Å². The van der Waals surface area contributed by atoms with Gasteiger partial charge in [0.2, 0.25) is 0 Å². The maximum absolute atomic E-state index is 12.7. The lowest BCUT2D eigenvalue weighted by molar-refractivity contribution is 0.629. The van der Waals surface area contributed by atoms with Crippen molar-refractivity contribution in [1.29, 1.82) is 0 Å². The van der Waals surface area contributed by atoms with Crippen LogP contribution < -0.4 is 5.56 Å². The Kier molecular flexibility index (Phi) is 4.53. The minimum absolute atomic E-state index is 0.187. The second kappa shape index (κ2) is 6.76. The Labute approximate surface area is 140 Å². The number of pyridine rings is 2. The highest BCUT2D eigenvalue weighted by Gasteiger charge is 1.99. The first-order chi connectivity index (χ1) is 11.5. The zero-order chi connectivity index (χ0) is 17.1. The quantitative estimate of drug-likeness (QED) is 0.470. The van der Waals surface area contributed by atoms with Gasteiger partial charge in [0, 0.05) is 23.2 Å². The first kappa shape index (κ1) is 16.1. The summed E-state index contributed by atoms with van der Waals surface area (Å²) < 4.78 is 25.4. The van der Waals surface area contributed by atoms with E-state index in [1.165, 1.54) is 36.5 Å². The van der Waals surface area contributed by atoms with Crippen molar-refractivity contribution in [3.05, 3.63) is 88.1 Å². The second-order valence-corrected chi connectivity index (χ2v) is 5.36. The zero-order valence-corrected chi connectivity index (χ0v) is 13.0. The molecule has 120 valence electrons. The lowest BCUT2D eigenvalue weighted by Gasteiger charge is -1.97. The van der Waals surface area contributed by atoms with Crippen LogP contribution in [0, 0.1) is 11.6 Å². The molecule has 0 atom stereocenters. The lowest BCUT2D eigenvalue weighted by atomic mass is 10.2. The van der Waals surface area contributed by atoms with E-state index >= 15 is 0 Å². The molecule has 24 heavy (non-hydrogen) atoms. The van der Waals surface area contributed by atoms with Crippen LogP contribution in [0.3, 0.4) is 0 Å². The Morgan fingerprint density at radius 3 is 2.21 bits per heavy atom. The van der Waals surface area contributed by atoms with Crippen molar-refractivity contribution in [2.45, 2.75) is 0 Å². The third-order valence-corrected chi connectivity index (χ3v) is 3.71. The molecule has 0 saturated heterocycles. The Morgan fingerprint density at radius 1 is 0.875 bits per heavy atom. The minimum atomic E-state index is -0.326. The summed E-state index contributed by atoms with van der Waals surface area (Å²) in [5, 5.41) is 3.10. The summed E-state index contributed by atoms with van der Waals surface area (Å²) in [6.07, 6.45) is 3.06. The maximum Gasteiger partial charge on any atom is 0.255 e. The largest absolute Gasteiger partial charge is 0.329 e. The van der Waals surface area contributed by atoms with Crippen molar-refractivity contribution in [2.75, 3.05) is 0 Å². The number of nitrogens with one attached hydrogen (secondary N) is 1. The summed E-state index contributed by atoms with van der Waals surface area (Å²) in [5.41, 5.74) is -0.187. The van der Waals surface area contributed by atoms with Gasteiger partial charge in [-0.3, -0.25) is 4.79 Å². The fourth-order valence-corrected chi connectivity index (χ4v) is 2.50. The molecular formula is C18H11ClF2N2O. The number of hydrogen-bond acceptors (Lipinski definition) is 2. The second-order valence-electron chi connectivity index (χ2n) is 5.01. The molecule has 2 aromatic heterocycles. The third-order valence-electron chi connectivity index (χ3n) is 3.41. The van der Waals surface area contributed by atoms with Crippen molar-refractivity contribution >= 4 is 33.1 Å². The van der Waals surface area contributed by atoms with Gasteiger partial charge in [-0.1, -0.05) is 11.6 Å². The predicted molar refractivity (Wildman–Crippen MR) is 91.2 cm³/mol. The highest BCUT2D eigenvalue weighted by atomic mass is 35.5. The molecule has 4 rings (SSSR count). The van der Waals surface area contributed by atoms with Gasteiger partial charge in [0.15, 0.2) is 0 Å². The number of aromatic nitrogens is 2. The van der Waals surface area contributed by atoms with Crippen molar-refractivity contribution in [3.8, 4) is 0 Å². The molecule has 2 heterocycles. The topological polar surface area (TPSA) is 45.8 Å². The zero-order valence-electron chi connectivity index (χ0n) is 12.3. The van der Waals surface area contributed by atoms with Crippen molar-refractivity contribution < 1.29 is 8.78 Å². The number of aromatic amines is 1. The summed E-state index contributed by atoms with van der Waals surface area (Å²) in [6.45, 7) is 0. The molecular weight excluding hydrogens is 334 g/mol. The van der Waals surface area contributed by atoms with Gasteiger partial charge in [-0.2, -0.15) is 0 Å². The molecule has 0 bridgehead atoms. The summed E-state index contributed by atoms with van der Waals surface area (Å²) in [4.78, 5) is 17.5. The normalized spacial score (nSPS) is 10.5. The Bertz CT molecular complexity index is 1080. The van der Waals surface area contributed by atoms with Crippen LogP contribution in [-0.4, -0.2) is 9.97 Å². The van der Waals surface area contributed by atoms with Gasteiger partial charge in [-0.15, -0.1) is 0 Å². The van der Waals surface area contributed by atoms with E-state index in [-0.39, 0.29) is 17.2 Å². The third kappa shape index (κ3) is 3.41. The van der Waals surface area contributed by atoms with E-state index in [0.29, 0.717) is 15.9 Å². The fraction of sp³-hybridized carbons (Fsp3) is 0. The molecule has 0 unspecified atom stereocenters. The molecule has 1 N–H and O–H groups in total. The summed E-state index contributed by atoms with van der Waals surface area (Å²) in [6, 6.07) is 11.9. The van der Waals surface area contributed by atoms with Crippen LogP contribution >= 0.6 is 11.6 Å². The molecule has 2 aromatic carbocycles. The van der Waals surface area contributed by atoms with E-state index in [1.807, 2.05) is 0 Å². The van der Waals surface area contributed by atoms with E-state index in [0.717, 1.165) is 10.8 Å². The van der Waals surface area contributed by atoms with Gasteiger partial charge in [-0.05, 0) is 59.3 Å². The predicted octanol–water partition coefficient (Wildman–Crippen LogP) is 4.69. The Hall–Kier alpha value is -2.79. The number of rotatable bonds is 0. The molecule has 3 nitrogen and oxygen atoms in total. The number of H-pyrrole nitrogens is 1. The van der Waals surface area contributed by atoms with Gasteiger partial charge in [0.05, 0.1) is 0 Å². The Balaban J connectivity index is 0.000000141. The lowest BCUT2D eigenvalue weighted by Crippen LogP contribution is -2.03. The molecule has 0 spiro atoms. The monoisotopic (exact) mass is 344 g/mol. The molecule has 0 amide bonds. The van der Waals surface area contributed by atoms with Crippen LogP contribution in [-0.2, 0) is 0 Å². The van der Waals surface area contributed by atoms with Crippen LogP contribution in [0.2, 0.25) is 5.15 Å².